The van der Waals surface area contributed by atoms with Crippen LogP contribution in [0.25, 0.3) is 0 Å². The van der Waals surface area contributed by atoms with Gasteiger partial charge < -0.3 is 15.0 Å². The van der Waals surface area contributed by atoms with Crippen molar-refractivity contribution in [3.05, 3.63) is 54.1 Å². The summed E-state index contributed by atoms with van der Waals surface area (Å²) >= 11 is 0. The quantitative estimate of drug-likeness (QED) is 0.731. The van der Waals surface area contributed by atoms with Gasteiger partial charge in [-0.15, -0.1) is 0 Å². The SMILES string of the molecule is COc1ccc(NC(=O)[C@@H](C)[NH+]2CCN(S(=O)(=O)c3ccc(C)cc3)CC2)cc1. The summed E-state index contributed by atoms with van der Waals surface area (Å²) in [6.07, 6.45) is 0. The van der Waals surface area contributed by atoms with Crippen molar-refractivity contribution in [1.29, 1.82) is 0 Å². The molecule has 1 aliphatic rings. The van der Waals surface area contributed by atoms with E-state index < -0.39 is 10.0 Å². The van der Waals surface area contributed by atoms with E-state index in [2.05, 4.69) is 5.32 Å². The highest BCUT2D eigenvalue weighted by Gasteiger charge is 2.34. The Morgan fingerprint density at radius 3 is 2.21 bits per heavy atom. The highest BCUT2D eigenvalue weighted by molar-refractivity contribution is 7.89. The van der Waals surface area contributed by atoms with Crippen molar-refractivity contribution in [2.45, 2.75) is 24.8 Å². The topological polar surface area (TPSA) is 80.2 Å². The van der Waals surface area contributed by atoms with Crippen LogP contribution in [0.3, 0.4) is 0 Å². The largest absolute Gasteiger partial charge is 0.497 e. The number of aryl methyl sites for hydroxylation is 1. The van der Waals surface area contributed by atoms with Crippen molar-refractivity contribution in [2.75, 3.05) is 38.6 Å². The molecule has 29 heavy (non-hydrogen) atoms. The summed E-state index contributed by atoms with van der Waals surface area (Å²) in [6, 6.07) is 13.8. The van der Waals surface area contributed by atoms with Crippen LogP contribution in [0.15, 0.2) is 53.4 Å². The van der Waals surface area contributed by atoms with E-state index in [1.54, 1.807) is 55.6 Å². The minimum Gasteiger partial charge on any atom is -0.497 e. The number of nitrogens with one attached hydrogen (secondary N) is 2. The zero-order valence-electron chi connectivity index (χ0n) is 17.0. The number of piperazine rings is 1. The minimum absolute atomic E-state index is 0.0833. The number of hydrogen-bond donors (Lipinski definition) is 2. The molecule has 0 bridgehead atoms. The molecular weight excluding hydrogens is 390 g/mol. The summed E-state index contributed by atoms with van der Waals surface area (Å²) in [6.45, 7) is 5.76. The summed E-state index contributed by atoms with van der Waals surface area (Å²) in [5.74, 6) is 0.646. The number of methoxy groups -OCH3 is 1. The second kappa shape index (κ2) is 8.94. The third-order valence-corrected chi connectivity index (χ3v) is 7.30. The van der Waals surface area contributed by atoms with Gasteiger partial charge in [0, 0.05) is 5.69 Å². The highest BCUT2D eigenvalue weighted by Crippen LogP contribution is 2.17. The first-order valence-corrected chi connectivity index (χ1v) is 11.1. The third-order valence-electron chi connectivity index (χ3n) is 5.39. The predicted octanol–water partition coefficient (Wildman–Crippen LogP) is 0.920. The normalized spacial score (nSPS) is 16.9. The predicted molar refractivity (Wildman–Crippen MR) is 112 cm³/mol. The number of nitrogens with zero attached hydrogens (tertiary/aromatic N) is 1. The van der Waals surface area contributed by atoms with Crippen LogP contribution in [-0.2, 0) is 14.8 Å². The van der Waals surface area contributed by atoms with Crippen LogP contribution in [0.2, 0.25) is 0 Å². The van der Waals surface area contributed by atoms with Gasteiger partial charge in [0.15, 0.2) is 6.04 Å². The second-order valence-corrected chi connectivity index (χ2v) is 9.25. The molecule has 156 valence electrons. The molecule has 3 rings (SSSR count). The van der Waals surface area contributed by atoms with Crippen LogP contribution < -0.4 is 15.0 Å². The number of carbonyl (C=O) groups is 1. The van der Waals surface area contributed by atoms with Gasteiger partial charge in [-0.05, 0) is 50.2 Å². The Hall–Kier alpha value is -2.42. The molecule has 2 N–H and O–H groups in total. The number of rotatable bonds is 6. The summed E-state index contributed by atoms with van der Waals surface area (Å²) in [7, 11) is -1.90. The van der Waals surface area contributed by atoms with Gasteiger partial charge in [-0.1, -0.05) is 17.7 Å². The number of ether oxygens (including phenoxy) is 1. The molecule has 0 radical (unpaired) electrons. The molecule has 0 aromatic heterocycles. The number of amides is 1. The zero-order chi connectivity index (χ0) is 21.0. The number of quaternary nitrogens is 1. The van der Waals surface area contributed by atoms with Crippen LogP contribution in [0.4, 0.5) is 5.69 Å². The Bertz CT molecular complexity index is 935. The number of benzene rings is 2. The van der Waals surface area contributed by atoms with E-state index >= 15 is 0 Å². The average molecular weight is 419 g/mol. The van der Waals surface area contributed by atoms with Crippen molar-refractivity contribution < 1.29 is 22.8 Å². The molecule has 1 amide bonds. The van der Waals surface area contributed by atoms with E-state index in [-0.39, 0.29) is 11.9 Å². The second-order valence-electron chi connectivity index (χ2n) is 7.31. The molecule has 0 saturated carbocycles. The van der Waals surface area contributed by atoms with Gasteiger partial charge >= 0.3 is 0 Å². The van der Waals surface area contributed by atoms with Crippen LogP contribution in [0.5, 0.6) is 5.75 Å². The number of sulfonamides is 1. The highest BCUT2D eigenvalue weighted by atomic mass is 32.2. The van der Waals surface area contributed by atoms with E-state index in [9.17, 15) is 13.2 Å². The molecule has 1 fully saturated rings. The Balaban J connectivity index is 1.57. The molecule has 8 heteroatoms. The maximum absolute atomic E-state index is 12.8. The van der Waals surface area contributed by atoms with Gasteiger partial charge in [0.25, 0.3) is 5.91 Å². The van der Waals surface area contributed by atoms with Gasteiger partial charge in [0.1, 0.15) is 5.75 Å². The lowest BCUT2D eigenvalue weighted by molar-refractivity contribution is -0.917. The molecule has 1 atom stereocenters. The number of carbonyl (C=O) groups excluding carboxylic acids is 1. The Morgan fingerprint density at radius 2 is 1.66 bits per heavy atom. The third kappa shape index (κ3) is 4.95. The summed E-state index contributed by atoms with van der Waals surface area (Å²) in [4.78, 5) is 14.0. The molecule has 7 nitrogen and oxygen atoms in total. The van der Waals surface area contributed by atoms with Crippen molar-refractivity contribution >= 4 is 21.6 Å². The first-order chi connectivity index (χ1) is 13.8. The summed E-state index contributed by atoms with van der Waals surface area (Å²) in [5.41, 5.74) is 1.73. The first-order valence-electron chi connectivity index (χ1n) is 9.67. The lowest BCUT2D eigenvalue weighted by Gasteiger charge is -2.34. The van der Waals surface area contributed by atoms with Crippen molar-refractivity contribution in [3.63, 3.8) is 0 Å². The molecular formula is C21H28N3O4S+. The molecule has 1 saturated heterocycles. The lowest BCUT2D eigenvalue weighted by atomic mass is 10.2. The van der Waals surface area contributed by atoms with Gasteiger partial charge in [-0.2, -0.15) is 4.31 Å². The average Bonchev–Trinajstić information content (AvgIpc) is 2.74. The fourth-order valence-electron chi connectivity index (χ4n) is 3.42. The molecule has 1 aliphatic heterocycles. The minimum atomic E-state index is -3.50. The van der Waals surface area contributed by atoms with Crippen LogP contribution in [-0.4, -0.2) is 58.0 Å². The molecule has 2 aromatic rings. The Kier molecular flexibility index (Phi) is 6.56. The monoisotopic (exact) mass is 418 g/mol. The van der Waals surface area contributed by atoms with Crippen molar-refractivity contribution in [1.82, 2.24) is 4.31 Å². The number of hydrogen-bond acceptors (Lipinski definition) is 4. The van der Waals surface area contributed by atoms with E-state index in [0.717, 1.165) is 16.2 Å². The van der Waals surface area contributed by atoms with Gasteiger partial charge in [-0.25, -0.2) is 8.42 Å². The maximum Gasteiger partial charge on any atom is 0.282 e. The molecule has 2 aromatic carbocycles. The Labute approximate surface area is 172 Å². The number of anilines is 1. The van der Waals surface area contributed by atoms with Crippen LogP contribution >= 0.6 is 0 Å². The fourth-order valence-corrected chi connectivity index (χ4v) is 4.86. The standard InChI is InChI=1S/C21H27N3O4S/c1-16-4-10-20(11-5-16)29(26,27)24-14-12-23(13-15-24)17(2)21(25)22-18-6-8-19(28-3)9-7-18/h4-11,17H,12-15H2,1-3H3,(H,22,25)/p+1/t17-/m1/s1. The fraction of sp³-hybridized carbons (Fsp3) is 0.381. The Morgan fingerprint density at radius 1 is 1.07 bits per heavy atom. The van der Waals surface area contributed by atoms with Gasteiger partial charge in [0.2, 0.25) is 10.0 Å². The van der Waals surface area contributed by atoms with Crippen LogP contribution in [0, 0.1) is 6.92 Å². The molecule has 0 aliphatic carbocycles. The van der Waals surface area contributed by atoms with Gasteiger partial charge in [-0.3, -0.25) is 4.79 Å². The van der Waals surface area contributed by atoms with E-state index in [1.165, 1.54) is 4.31 Å². The van der Waals surface area contributed by atoms with E-state index in [4.69, 9.17) is 4.74 Å². The summed E-state index contributed by atoms with van der Waals surface area (Å²) in [5, 5.41) is 2.92. The van der Waals surface area contributed by atoms with Gasteiger partial charge in [0.05, 0.1) is 38.2 Å². The van der Waals surface area contributed by atoms with E-state index in [0.29, 0.717) is 36.8 Å². The molecule has 0 spiro atoms. The lowest BCUT2D eigenvalue weighted by Crippen LogP contribution is -3.19. The smallest absolute Gasteiger partial charge is 0.282 e. The van der Waals surface area contributed by atoms with E-state index in [1.807, 2.05) is 13.8 Å². The maximum atomic E-state index is 12.8. The van der Waals surface area contributed by atoms with Crippen molar-refractivity contribution in [3.8, 4) is 5.75 Å². The summed E-state index contributed by atoms with van der Waals surface area (Å²) < 4.78 is 32.3. The first kappa shape index (κ1) is 21.3. The zero-order valence-corrected chi connectivity index (χ0v) is 17.8. The van der Waals surface area contributed by atoms with Crippen molar-refractivity contribution in [2.24, 2.45) is 0 Å². The molecule has 0 unspecified atom stereocenters. The molecule has 1 heterocycles. The van der Waals surface area contributed by atoms with Crippen LogP contribution in [0.1, 0.15) is 12.5 Å².